The van der Waals surface area contributed by atoms with Crippen molar-refractivity contribution in [1.29, 1.82) is 0 Å². The summed E-state index contributed by atoms with van der Waals surface area (Å²) >= 11 is 4.90. The Balaban J connectivity index is 2.46. The highest BCUT2D eigenvalue weighted by molar-refractivity contribution is 9.11. The molecule has 2 aromatic rings. The first kappa shape index (κ1) is 8.84. The Labute approximate surface area is 88.8 Å². The van der Waals surface area contributed by atoms with Crippen molar-refractivity contribution in [3.05, 3.63) is 33.2 Å². The van der Waals surface area contributed by atoms with E-state index in [1.54, 1.807) is 17.5 Å². The Morgan fingerprint density at radius 3 is 2.85 bits per heavy atom. The van der Waals surface area contributed by atoms with Gasteiger partial charge < -0.3 is 0 Å². The second-order valence-corrected chi connectivity index (χ2v) is 4.84. The SMILES string of the molecule is Cc1ccnc(-c2csc(Br)n2)c1. The molecule has 0 saturated heterocycles. The molecular weight excluding hydrogens is 248 g/mol. The van der Waals surface area contributed by atoms with Gasteiger partial charge in [0.05, 0.1) is 5.69 Å². The van der Waals surface area contributed by atoms with Crippen LogP contribution < -0.4 is 0 Å². The Bertz CT molecular complexity index is 425. The number of hydrogen-bond acceptors (Lipinski definition) is 3. The summed E-state index contributed by atoms with van der Waals surface area (Å²) in [6.07, 6.45) is 1.80. The van der Waals surface area contributed by atoms with Gasteiger partial charge in [0.1, 0.15) is 5.69 Å². The van der Waals surface area contributed by atoms with Crippen LogP contribution in [0.5, 0.6) is 0 Å². The van der Waals surface area contributed by atoms with Crippen molar-refractivity contribution >= 4 is 27.3 Å². The smallest absolute Gasteiger partial charge is 0.159 e. The molecule has 0 N–H and O–H groups in total. The highest BCUT2D eigenvalue weighted by Crippen LogP contribution is 2.23. The van der Waals surface area contributed by atoms with Crippen molar-refractivity contribution in [2.45, 2.75) is 6.92 Å². The van der Waals surface area contributed by atoms with E-state index in [-0.39, 0.29) is 0 Å². The van der Waals surface area contributed by atoms with Gasteiger partial charge in [0, 0.05) is 11.6 Å². The van der Waals surface area contributed by atoms with Crippen LogP contribution in [0.3, 0.4) is 0 Å². The molecule has 2 nitrogen and oxygen atoms in total. The van der Waals surface area contributed by atoms with E-state index in [0.717, 1.165) is 15.3 Å². The molecule has 4 heteroatoms. The minimum atomic E-state index is 0.894. The molecule has 0 aromatic carbocycles. The second kappa shape index (κ2) is 3.55. The highest BCUT2D eigenvalue weighted by Gasteiger charge is 2.03. The minimum absolute atomic E-state index is 0.894. The van der Waals surface area contributed by atoms with E-state index in [0.29, 0.717) is 0 Å². The molecule has 2 aromatic heterocycles. The molecule has 0 unspecified atom stereocenters. The molecule has 0 spiro atoms. The van der Waals surface area contributed by atoms with Gasteiger partial charge in [-0.25, -0.2) is 4.98 Å². The van der Waals surface area contributed by atoms with Gasteiger partial charge in [-0.1, -0.05) is 0 Å². The summed E-state index contributed by atoms with van der Waals surface area (Å²) in [4.78, 5) is 8.54. The fraction of sp³-hybridized carbons (Fsp3) is 0.111. The van der Waals surface area contributed by atoms with Gasteiger partial charge in [0.25, 0.3) is 0 Å². The molecule has 0 amide bonds. The summed E-state index contributed by atoms with van der Waals surface area (Å²) in [6, 6.07) is 4.01. The fourth-order valence-corrected chi connectivity index (χ4v) is 2.05. The summed E-state index contributed by atoms with van der Waals surface area (Å²) in [7, 11) is 0. The van der Waals surface area contributed by atoms with Crippen molar-refractivity contribution in [3.63, 3.8) is 0 Å². The van der Waals surface area contributed by atoms with Gasteiger partial charge in [0.2, 0.25) is 0 Å². The summed E-state index contributed by atoms with van der Waals surface area (Å²) in [6.45, 7) is 2.05. The summed E-state index contributed by atoms with van der Waals surface area (Å²) in [5.41, 5.74) is 3.07. The Morgan fingerprint density at radius 1 is 1.38 bits per heavy atom. The number of hydrogen-bond donors (Lipinski definition) is 0. The van der Waals surface area contributed by atoms with Crippen LogP contribution in [0.2, 0.25) is 0 Å². The molecule has 0 bridgehead atoms. The molecule has 2 rings (SSSR count). The maximum Gasteiger partial charge on any atom is 0.159 e. The lowest BCUT2D eigenvalue weighted by atomic mass is 10.2. The van der Waals surface area contributed by atoms with Gasteiger partial charge in [0.15, 0.2) is 3.92 Å². The van der Waals surface area contributed by atoms with Crippen molar-refractivity contribution in [2.24, 2.45) is 0 Å². The van der Waals surface area contributed by atoms with E-state index in [2.05, 4.69) is 25.9 Å². The lowest BCUT2D eigenvalue weighted by molar-refractivity contribution is 1.25. The maximum absolute atomic E-state index is 4.29. The predicted octanol–water partition coefficient (Wildman–Crippen LogP) is 3.28. The number of aryl methyl sites for hydroxylation is 1. The number of pyridine rings is 1. The van der Waals surface area contributed by atoms with Crippen LogP contribution in [-0.4, -0.2) is 9.97 Å². The van der Waals surface area contributed by atoms with Crippen LogP contribution in [0.1, 0.15) is 5.56 Å². The van der Waals surface area contributed by atoms with Gasteiger partial charge in [-0.15, -0.1) is 11.3 Å². The molecule has 2 heterocycles. The highest BCUT2D eigenvalue weighted by atomic mass is 79.9. The van der Waals surface area contributed by atoms with Crippen LogP contribution >= 0.6 is 27.3 Å². The van der Waals surface area contributed by atoms with E-state index in [1.165, 1.54) is 5.56 Å². The Morgan fingerprint density at radius 2 is 2.23 bits per heavy atom. The zero-order chi connectivity index (χ0) is 9.26. The average molecular weight is 255 g/mol. The van der Waals surface area contributed by atoms with E-state index >= 15 is 0 Å². The third-order valence-electron chi connectivity index (χ3n) is 1.65. The normalized spacial score (nSPS) is 10.3. The summed E-state index contributed by atoms with van der Waals surface area (Å²) in [5, 5.41) is 1.99. The molecule has 0 radical (unpaired) electrons. The average Bonchev–Trinajstić information content (AvgIpc) is 2.52. The standard InChI is InChI=1S/C9H7BrN2S/c1-6-2-3-11-7(4-6)8-5-13-9(10)12-8/h2-5H,1H3. The van der Waals surface area contributed by atoms with E-state index < -0.39 is 0 Å². The predicted molar refractivity (Wildman–Crippen MR) is 57.8 cm³/mol. The van der Waals surface area contributed by atoms with E-state index in [4.69, 9.17) is 0 Å². The maximum atomic E-state index is 4.29. The van der Waals surface area contributed by atoms with Crippen molar-refractivity contribution in [2.75, 3.05) is 0 Å². The Kier molecular flexibility index (Phi) is 2.42. The molecule has 0 aliphatic heterocycles. The molecule has 0 aliphatic carbocycles. The zero-order valence-corrected chi connectivity index (χ0v) is 9.39. The number of halogens is 1. The van der Waals surface area contributed by atoms with Gasteiger partial charge in [-0.2, -0.15) is 0 Å². The number of rotatable bonds is 1. The zero-order valence-electron chi connectivity index (χ0n) is 6.99. The number of thiazole rings is 1. The summed E-state index contributed by atoms with van der Waals surface area (Å²) in [5.74, 6) is 0. The first-order valence-corrected chi connectivity index (χ1v) is 5.47. The monoisotopic (exact) mass is 254 g/mol. The van der Waals surface area contributed by atoms with Crippen LogP contribution in [-0.2, 0) is 0 Å². The number of nitrogens with zero attached hydrogens (tertiary/aromatic N) is 2. The first-order chi connectivity index (χ1) is 6.25. The molecule has 13 heavy (non-hydrogen) atoms. The van der Waals surface area contributed by atoms with E-state index in [1.807, 2.05) is 24.4 Å². The van der Waals surface area contributed by atoms with Crippen molar-refractivity contribution < 1.29 is 0 Å². The van der Waals surface area contributed by atoms with Crippen LogP contribution in [0.4, 0.5) is 0 Å². The lowest BCUT2D eigenvalue weighted by Crippen LogP contribution is -1.83. The van der Waals surface area contributed by atoms with E-state index in [9.17, 15) is 0 Å². The molecule has 0 aliphatic rings. The lowest BCUT2D eigenvalue weighted by Gasteiger charge is -1.95. The second-order valence-electron chi connectivity index (χ2n) is 2.70. The largest absolute Gasteiger partial charge is 0.255 e. The van der Waals surface area contributed by atoms with Crippen LogP contribution in [0, 0.1) is 6.92 Å². The van der Waals surface area contributed by atoms with Crippen molar-refractivity contribution in [3.8, 4) is 11.4 Å². The van der Waals surface area contributed by atoms with Crippen LogP contribution in [0.15, 0.2) is 27.6 Å². The quantitative estimate of drug-likeness (QED) is 0.781. The first-order valence-electron chi connectivity index (χ1n) is 3.80. The van der Waals surface area contributed by atoms with Gasteiger partial charge >= 0.3 is 0 Å². The summed E-state index contributed by atoms with van der Waals surface area (Å²) < 4.78 is 0.894. The van der Waals surface area contributed by atoms with Crippen LogP contribution in [0.25, 0.3) is 11.4 Å². The molecule has 0 saturated carbocycles. The molecule has 66 valence electrons. The van der Waals surface area contributed by atoms with Crippen molar-refractivity contribution in [1.82, 2.24) is 9.97 Å². The minimum Gasteiger partial charge on any atom is -0.255 e. The van der Waals surface area contributed by atoms with Gasteiger partial charge in [-0.05, 0) is 40.5 Å². The molecule has 0 atom stereocenters. The third kappa shape index (κ3) is 1.95. The fourth-order valence-electron chi connectivity index (χ4n) is 1.05. The molecular formula is C9H7BrN2S. The Hall–Kier alpha value is -0.740. The molecule has 0 fully saturated rings. The van der Waals surface area contributed by atoms with Gasteiger partial charge in [-0.3, -0.25) is 4.98 Å². The third-order valence-corrected chi connectivity index (χ3v) is 3.02. The topological polar surface area (TPSA) is 25.8 Å². The number of aromatic nitrogens is 2.